The molecule has 0 aliphatic rings. The van der Waals surface area contributed by atoms with Crippen LogP contribution in [0.3, 0.4) is 0 Å². The molecule has 0 bridgehead atoms. The third kappa shape index (κ3) is 3.57. The molecule has 0 fully saturated rings. The fraction of sp³-hybridized carbons (Fsp3) is 0.500. The molecule has 2 atom stereocenters. The highest BCUT2D eigenvalue weighted by molar-refractivity contribution is 5.24. The van der Waals surface area contributed by atoms with E-state index in [1.807, 2.05) is 12.1 Å². The topological polar surface area (TPSA) is 86.7 Å². The number of benzene rings is 1. The first-order valence-corrected chi connectivity index (χ1v) is 5.45. The van der Waals surface area contributed by atoms with E-state index in [1.54, 1.807) is 12.1 Å². The first-order chi connectivity index (χ1) is 7.69. The predicted octanol–water partition coefficient (Wildman–Crippen LogP) is -0.0355. The SMILES string of the molecule is NCCC(O)C(O)c1ccc(CCO)cc1. The molecule has 0 radical (unpaired) electrons. The lowest BCUT2D eigenvalue weighted by molar-refractivity contribution is 0.0150. The molecule has 0 amide bonds. The van der Waals surface area contributed by atoms with Crippen LogP contribution in [-0.2, 0) is 6.42 Å². The van der Waals surface area contributed by atoms with E-state index in [0.29, 0.717) is 24.9 Å². The average Bonchev–Trinajstić information content (AvgIpc) is 2.30. The van der Waals surface area contributed by atoms with Crippen molar-refractivity contribution in [3.8, 4) is 0 Å². The summed E-state index contributed by atoms with van der Waals surface area (Å²) in [6, 6.07) is 7.19. The van der Waals surface area contributed by atoms with E-state index in [2.05, 4.69) is 0 Å². The van der Waals surface area contributed by atoms with Crippen LogP contribution in [0.25, 0.3) is 0 Å². The number of rotatable bonds is 6. The number of aliphatic hydroxyl groups is 3. The van der Waals surface area contributed by atoms with Crippen LogP contribution < -0.4 is 5.73 Å². The quantitative estimate of drug-likeness (QED) is 0.547. The Labute approximate surface area is 95.3 Å². The van der Waals surface area contributed by atoms with Gasteiger partial charge in [-0.2, -0.15) is 0 Å². The molecule has 4 heteroatoms. The third-order valence-electron chi connectivity index (χ3n) is 2.55. The number of hydrogen-bond donors (Lipinski definition) is 4. The lowest BCUT2D eigenvalue weighted by Crippen LogP contribution is -2.21. The second kappa shape index (κ2) is 6.60. The van der Waals surface area contributed by atoms with E-state index in [0.717, 1.165) is 5.56 Å². The fourth-order valence-corrected chi connectivity index (χ4v) is 1.56. The largest absolute Gasteiger partial charge is 0.396 e. The van der Waals surface area contributed by atoms with Gasteiger partial charge in [0, 0.05) is 6.61 Å². The highest BCUT2D eigenvalue weighted by atomic mass is 16.3. The summed E-state index contributed by atoms with van der Waals surface area (Å²) in [5.74, 6) is 0. The maximum Gasteiger partial charge on any atom is 0.105 e. The Bertz CT molecular complexity index is 300. The molecule has 0 heterocycles. The Morgan fingerprint density at radius 1 is 1.12 bits per heavy atom. The first-order valence-electron chi connectivity index (χ1n) is 5.45. The van der Waals surface area contributed by atoms with Crippen molar-refractivity contribution < 1.29 is 15.3 Å². The van der Waals surface area contributed by atoms with Crippen LogP contribution in [0.2, 0.25) is 0 Å². The Morgan fingerprint density at radius 3 is 2.25 bits per heavy atom. The predicted molar refractivity (Wildman–Crippen MR) is 61.9 cm³/mol. The zero-order chi connectivity index (χ0) is 12.0. The summed E-state index contributed by atoms with van der Waals surface area (Å²) in [5, 5.41) is 28.1. The summed E-state index contributed by atoms with van der Waals surface area (Å²) in [5.41, 5.74) is 6.99. The van der Waals surface area contributed by atoms with Crippen molar-refractivity contribution in [2.45, 2.75) is 25.0 Å². The van der Waals surface area contributed by atoms with Gasteiger partial charge in [0.25, 0.3) is 0 Å². The van der Waals surface area contributed by atoms with Crippen LogP contribution in [0.15, 0.2) is 24.3 Å². The molecular formula is C12H19NO3. The minimum atomic E-state index is -0.897. The molecule has 0 aliphatic heterocycles. The Balaban J connectivity index is 2.65. The summed E-state index contributed by atoms with van der Waals surface area (Å²) in [7, 11) is 0. The monoisotopic (exact) mass is 225 g/mol. The van der Waals surface area contributed by atoms with E-state index in [-0.39, 0.29) is 6.61 Å². The standard InChI is InChI=1S/C12H19NO3/c13-7-5-11(15)12(16)10-3-1-9(2-4-10)6-8-14/h1-4,11-12,14-16H,5-8,13H2. The van der Waals surface area contributed by atoms with Crippen molar-refractivity contribution in [3.63, 3.8) is 0 Å². The van der Waals surface area contributed by atoms with Gasteiger partial charge in [-0.05, 0) is 30.5 Å². The number of aliphatic hydroxyl groups excluding tert-OH is 3. The second-order valence-electron chi connectivity index (χ2n) is 3.80. The molecule has 0 saturated heterocycles. The molecular weight excluding hydrogens is 206 g/mol. The van der Waals surface area contributed by atoms with Crippen LogP contribution in [0.4, 0.5) is 0 Å². The normalized spacial score (nSPS) is 14.8. The molecule has 0 spiro atoms. The molecule has 1 aromatic carbocycles. The van der Waals surface area contributed by atoms with Gasteiger partial charge in [-0.15, -0.1) is 0 Å². The second-order valence-corrected chi connectivity index (χ2v) is 3.80. The van der Waals surface area contributed by atoms with Crippen LogP contribution in [-0.4, -0.2) is 34.6 Å². The van der Waals surface area contributed by atoms with Crippen molar-refractivity contribution in [3.05, 3.63) is 35.4 Å². The zero-order valence-electron chi connectivity index (χ0n) is 9.21. The maximum absolute atomic E-state index is 9.79. The number of hydrogen-bond acceptors (Lipinski definition) is 4. The van der Waals surface area contributed by atoms with Gasteiger partial charge in [0.2, 0.25) is 0 Å². The van der Waals surface area contributed by atoms with Crippen LogP contribution in [0, 0.1) is 0 Å². The highest BCUT2D eigenvalue weighted by Gasteiger charge is 2.16. The van der Waals surface area contributed by atoms with Gasteiger partial charge >= 0.3 is 0 Å². The molecule has 0 aromatic heterocycles. The summed E-state index contributed by atoms with van der Waals surface area (Å²) in [6.45, 7) is 0.457. The number of nitrogens with two attached hydrogens (primary N) is 1. The molecule has 5 N–H and O–H groups in total. The van der Waals surface area contributed by atoms with Crippen LogP contribution in [0.1, 0.15) is 23.7 Å². The van der Waals surface area contributed by atoms with E-state index in [4.69, 9.17) is 10.8 Å². The van der Waals surface area contributed by atoms with E-state index in [9.17, 15) is 10.2 Å². The van der Waals surface area contributed by atoms with Gasteiger partial charge in [0.1, 0.15) is 6.10 Å². The molecule has 2 unspecified atom stereocenters. The average molecular weight is 225 g/mol. The minimum absolute atomic E-state index is 0.109. The highest BCUT2D eigenvalue weighted by Crippen LogP contribution is 2.19. The van der Waals surface area contributed by atoms with E-state index < -0.39 is 12.2 Å². The lowest BCUT2D eigenvalue weighted by atomic mass is 10.0. The van der Waals surface area contributed by atoms with Crippen molar-refractivity contribution in [1.29, 1.82) is 0 Å². The van der Waals surface area contributed by atoms with Crippen molar-refractivity contribution in [1.82, 2.24) is 0 Å². The van der Waals surface area contributed by atoms with Crippen LogP contribution >= 0.6 is 0 Å². The molecule has 1 aromatic rings. The Hall–Kier alpha value is -0.940. The zero-order valence-corrected chi connectivity index (χ0v) is 9.21. The molecule has 0 aliphatic carbocycles. The maximum atomic E-state index is 9.79. The lowest BCUT2D eigenvalue weighted by Gasteiger charge is -2.17. The fourth-order valence-electron chi connectivity index (χ4n) is 1.56. The smallest absolute Gasteiger partial charge is 0.105 e. The first kappa shape index (κ1) is 13.1. The Kier molecular flexibility index (Phi) is 5.42. The Morgan fingerprint density at radius 2 is 1.75 bits per heavy atom. The van der Waals surface area contributed by atoms with Gasteiger partial charge in [0.15, 0.2) is 0 Å². The van der Waals surface area contributed by atoms with Gasteiger partial charge < -0.3 is 21.1 Å². The molecule has 16 heavy (non-hydrogen) atoms. The van der Waals surface area contributed by atoms with Crippen LogP contribution in [0.5, 0.6) is 0 Å². The third-order valence-corrected chi connectivity index (χ3v) is 2.55. The van der Waals surface area contributed by atoms with Crippen molar-refractivity contribution >= 4 is 0 Å². The minimum Gasteiger partial charge on any atom is -0.396 e. The van der Waals surface area contributed by atoms with Crippen molar-refractivity contribution in [2.75, 3.05) is 13.2 Å². The van der Waals surface area contributed by atoms with Gasteiger partial charge in [-0.3, -0.25) is 0 Å². The molecule has 1 rings (SSSR count). The van der Waals surface area contributed by atoms with E-state index >= 15 is 0 Å². The van der Waals surface area contributed by atoms with E-state index in [1.165, 1.54) is 0 Å². The van der Waals surface area contributed by atoms with Crippen molar-refractivity contribution in [2.24, 2.45) is 5.73 Å². The summed E-state index contributed by atoms with van der Waals surface area (Å²) < 4.78 is 0. The summed E-state index contributed by atoms with van der Waals surface area (Å²) in [6.07, 6.45) is -0.748. The summed E-state index contributed by atoms with van der Waals surface area (Å²) in [4.78, 5) is 0. The van der Waals surface area contributed by atoms with Gasteiger partial charge in [-0.1, -0.05) is 24.3 Å². The molecule has 90 valence electrons. The van der Waals surface area contributed by atoms with Gasteiger partial charge in [-0.25, -0.2) is 0 Å². The molecule has 0 saturated carbocycles. The van der Waals surface area contributed by atoms with Gasteiger partial charge in [0.05, 0.1) is 6.10 Å². The summed E-state index contributed by atoms with van der Waals surface area (Å²) >= 11 is 0. The molecule has 4 nitrogen and oxygen atoms in total.